The molecular formula is C22H29N3O5S2. The van der Waals surface area contributed by atoms with E-state index in [1.165, 1.54) is 11.4 Å². The van der Waals surface area contributed by atoms with Crippen LogP contribution in [0, 0.1) is 5.92 Å². The van der Waals surface area contributed by atoms with E-state index in [2.05, 4.69) is 12.2 Å². The Hall–Kier alpha value is -2.59. The van der Waals surface area contributed by atoms with E-state index < -0.39 is 10.0 Å². The van der Waals surface area contributed by atoms with E-state index in [9.17, 15) is 18.0 Å². The third-order valence-electron chi connectivity index (χ3n) is 5.35. The molecule has 32 heavy (non-hydrogen) atoms. The van der Waals surface area contributed by atoms with Gasteiger partial charge in [-0.25, -0.2) is 8.42 Å². The van der Waals surface area contributed by atoms with Gasteiger partial charge >= 0.3 is 0 Å². The predicted octanol–water partition coefficient (Wildman–Crippen LogP) is 2.72. The lowest BCUT2D eigenvalue weighted by atomic mass is 10.00. The first kappa shape index (κ1) is 24.1. The first-order valence-electron chi connectivity index (χ1n) is 10.6. The molecule has 1 atom stereocenters. The normalized spacial score (nSPS) is 16.4. The minimum absolute atomic E-state index is 0.0648. The van der Waals surface area contributed by atoms with Crippen LogP contribution in [0.2, 0.25) is 0 Å². The van der Waals surface area contributed by atoms with E-state index in [0.29, 0.717) is 17.4 Å². The lowest BCUT2D eigenvalue weighted by Gasteiger charge is -2.31. The summed E-state index contributed by atoms with van der Waals surface area (Å²) >= 11 is 1.16. The molecule has 2 amide bonds. The molecule has 0 bridgehead atoms. The van der Waals surface area contributed by atoms with E-state index >= 15 is 0 Å². The van der Waals surface area contributed by atoms with E-state index in [0.717, 1.165) is 37.3 Å². The number of ether oxygens (including phenoxy) is 1. The van der Waals surface area contributed by atoms with E-state index in [1.807, 2.05) is 4.90 Å². The molecule has 10 heteroatoms. The Morgan fingerprint density at radius 3 is 2.66 bits per heavy atom. The highest BCUT2D eigenvalue weighted by molar-refractivity contribution is 7.94. The van der Waals surface area contributed by atoms with Crippen molar-refractivity contribution in [1.29, 1.82) is 0 Å². The monoisotopic (exact) mass is 479 g/mol. The number of carbonyl (C=O) groups excluding carboxylic acids is 2. The number of benzene rings is 1. The smallest absolute Gasteiger partial charge is 0.273 e. The topological polar surface area (TPSA) is 96.0 Å². The number of likely N-dealkylation sites (tertiary alicyclic amines) is 1. The number of hydrogen-bond acceptors (Lipinski definition) is 6. The van der Waals surface area contributed by atoms with Crippen molar-refractivity contribution in [2.75, 3.05) is 37.6 Å². The number of carbonyl (C=O) groups is 2. The number of hydrogen-bond donors (Lipinski definition) is 1. The third-order valence-corrected chi connectivity index (χ3v) is 8.51. The average molecular weight is 480 g/mol. The SMILES string of the molecule is CC1CCCN(C(=O)CCNC(=O)COc2ccc(N(C)S(=O)(=O)c3cccs3)cc2)C1. The van der Waals surface area contributed by atoms with Gasteiger partial charge in [0.25, 0.3) is 15.9 Å². The number of amides is 2. The van der Waals surface area contributed by atoms with Gasteiger partial charge in [0.15, 0.2) is 6.61 Å². The van der Waals surface area contributed by atoms with Gasteiger partial charge in [0.2, 0.25) is 5.91 Å². The van der Waals surface area contributed by atoms with Crippen LogP contribution in [-0.2, 0) is 19.6 Å². The highest BCUT2D eigenvalue weighted by atomic mass is 32.2. The van der Waals surface area contributed by atoms with Crippen molar-refractivity contribution in [3.05, 3.63) is 41.8 Å². The predicted molar refractivity (Wildman–Crippen MR) is 124 cm³/mol. The molecule has 1 unspecified atom stereocenters. The van der Waals surface area contributed by atoms with Crippen molar-refractivity contribution in [1.82, 2.24) is 10.2 Å². The molecule has 8 nitrogen and oxygen atoms in total. The van der Waals surface area contributed by atoms with Crippen LogP contribution in [0.25, 0.3) is 0 Å². The van der Waals surface area contributed by atoms with Gasteiger partial charge in [-0.2, -0.15) is 0 Å². The van der Waals surface area contributed by atoms with Crippen LogP contribution >= 0.6 is 11.3 Å². The van der Waals surface area contributed by atoms with E-state index in [-0.39, 0.29) is 35.6 Å². The second kappa shape index (κ2) is 10.8. The fourth-order valence-electron chi connectivity index (χ4n) is 3.52. The second-order valence-corrected chi connectivity index (χ2v) is 11.0. The van der Waals surface area contributed by atoms with Gasteiger partial charge in [0.05, 0.1) is 5.69 Å². The summed E-state index contributed by atoms with van der Waals surface area (Å²) in [7, 11) is -2.11. The molecule has 0 saturated carbocycles. The molecule has 1 aromatic heterocycles. The minimum Gasteiger partial charge on any atom is -0.484 e. The zero-order chi connectivity index (χ0) is 23.1. The molecule has 1 saturated heterocycles. The molecule has 0 aliphatic carbocycles. The molecule has 1 aromatic carbocycles. The van der Waals surface area contributed by atoms with Gasteiger partial charge in [-0.1, -0.05) is 13.0 Å². The van der Waals surface area contributed by atoms with E-state index in [4.69, 9.17) is 4.74 Å². The van der Waals surface area contributed by atoms with Crippen molar-refractivity contribution in [3.63, 3.8) is 0 Å². The zero-order valence-electron chi connectivity index (χ0n) is 18.3. The Morgan fingerprint density at radius 2 is 2.00 bits per heavy atom. The highest BCUT2D eigenvalue weighted by Gasteiger charge is 2.22. The number of thiophene rings is 1. The standard InChI is InChI=1S/C22H29N3O5S2/c1-17-5-3-13-25(15-17)21(27)11-12-23-20(26)16-30-19-9-7-18(8-10-19)24(2)32(28,29)22-6-4-14-31-22/h4,6-10,14,17H,3,5,11-13,15-16H2,1-2H3,(H,23,26). The molecule has 1 aliphatic heterocycles. The molecule has 2 heterocycles. The van der Waals surface area contributed by atoms with Gasteiger partial charge in [-0.3, -0.25) is 13.9 Å². The summed E-state index contributed by atoms with van der Waals surface area (Å²) in [6.07, 6.45) is 2.46. The molecular weight excluding hydrogens is 450 g/mol. The second-order valence-electron chi connectivity index (χ2n) is 7.87. The van der Waals surface area contributed by atoms with Crippen LogP contribution in [0.5, 0.6) is 5.75 Å². The Morgan fingerprint density at radius 1 is 1.25 bits per heavy atom. The largest absolute Gasteiger partial charge is 0.484 e. The fraction of sp³-hybridized carbons (Fsp3) is 0.455. The van der Waals surface area contributed by atoms with Crippen LogP contribution in [0.4, 0.5) is 5.69 Å². The summed E-state index contributed by atoms with van der Waals surface area (Å²) in [5, 5.41) is 4.42. The lowest BCUT2D eigenvalue weighted by Crippen LogP contribution is -2.41. The van der Waals surface area contributed by atoms with Crippen molar-refractivity contribution in [2.24, 2.45) is 5.92 Å². The highest BCUT2D eigenvalue weighted by Crippen LogP contribution is 2.26. The number of sulfonamides is 1. The number of rotatable bonds is 9. The summed E-state index contributed by atoms with van der Waals surface area (Å²) in [6, 6.07) is 9.73. The lowest BCUT2D eigenvalue weighted by molar-refractivity contribution is -0.132. The van der Waals surface area contributed by atoms with Crippen molar-refractivity contribution >= 4 is 38.9 Å². The third kappa shape index (κ3) is 6.23. The number of piperidine rings is 1. The van der Waals surface area contributed by atoms with Crippen LogP contribution in [0.1, 0.15) is 26.2 Å². The van der Waals surface area contributed by atoms with Gasteiger partial charge in [0.1, 0.15) is 9.96 Å². The molecule has 3 rings (SSSR count). The van der Waals surface area contributed by atoms with Crippen LogP contribution in [-0.4, -0.2) is 58.4 Å². The summed E-state index contributed by atoms with van der Waals surface area (Å²) in [5.41, 5.74) is 0.487. The number of anilines is 1. The van der Waals surface area contributed by atoms with Gasteiger partial charge < -0.3 is 15.0 Å². The Labute approximate surface area is 193 Å². The first-order valence-corrected chi connectivity index (χ1v) is 12.9. The maximum Gasteiger partial charge on any atom is 0.273 e. The summed E-state index contributed by atoms with van der Waals surface area (Å²) in [5.74, 6) is 0.725. The van der Waals surface area contributed by atoms with Crippen molar-refractivity contribution in [2.45, 2.75) is 30.4 Å². The molecule has 174 valence electrons. The fourth-order valence-corrected chi connectivity index (χ4v) is 5.88. The number of nitrogens with one attached hydrogen (secondary N) is 1. The van der Waals surface area contributed by atoms with E-state index in [1.54, 1.807) is 41.8 Å². The van der Waals surface area contributed by atoms with Gasteiger partial charge in [0, 0.05) is 33.1 Å². The van der Waals surface area contributed by atoms with Crippen LogP contribution < -0.4 is 14.4 Å². The summed E-state index contributed by atoms with van der Waals surface area (Å²) < 4.78 is 32.1. The Kier molecular flexibility index (Phi) is 8.14. The molecule has 0 spiro atoms. The quantitative estimate of drug-likeness (QED) is 0.597. The molecule has 2 aromatic rings. The molecule has 1 N–H and O–H groups in total. The maximum atomic E-state index is 12.6. The van der Waals surface area contributed by atoms with Gasteiger partial charge in [-0.15, -0.1) is 11.3 Å². The van der Waals surface area contributed by atoms with Crippen LogP contribution in [0.15, 0.2) is 46.0 Å². The van der Waals surface area contributed by atoms with Crippen molar-refractivity contribution in [3.8, 4) is 5.75 Å². The molecule has 0 radical (unpaired) electrons. The average Bonchev–Trinajstić information content (AvgIpc) is 3.33. The summed E-state index contributed by atoms with van der Waals surface area (Å²) in [6.45, 7) is 3.81. The summed E-state index contributed by atoms with van der Waals surface area (Å²) in [4.78, 5) is 26.1. The molecule has 1 fully saturated rings. The molecule has 1 aliphatic rings. The van der Waals surface area contributed by atoms with Gasteiger partial charge in [-0.05, 0) is 54.5 Å². The van der Waals surface area contributed by atoms with Crippen molar-refractivity contribution < 1.29 is 22.7 Å². The first-order chi connectivity index (χ1) is 15.3. The Bertz CT molecular complexity index is 1010. The zero-order valence-corrected chi connectivity index (χ0v) is 20.0. The van der Waals surface area contributed by atoms with Crippen LogP contribution in [0.3, 0.4) is 0 Å². The number of nitrogens with zero attached hydrogens (tertiary/aromatic N) is 2. The maximum absolute atomic E-state index is 12.6. The minimum atomic E-state index is -3.60. The Balaban J connectivity index is 1.42.